The molecule has 2 N–H and O–H groups in total. The number of carbonyl (C=O) groups excluding carboxylic acids is 2. The molecular formula is C18H21N3O2S2. The summed E-state index contributed by atoms with van der Waals surface area (Å²) in [5, 5.41) is 2.02. The standard InChI is InChI=1S/C18H21N3O2S2/c22-17(11-21-9-3-6-14-5-1-2-8-16(14)21)19-20-18(23)13-24-12-15-7-4-10-25-15/h1-2,4-5,7-8,10H,3,6,9,11-13H2,(H,19,22)(H,20,23). The van der Waals surface area contributed by atoms with Crippen molar-refractivity contribution in [3.8, 4) is 0 Å². The third-order valence-corrected chi connectivity index (χ3v) is 5.98. The maximum atomic E-state index is 12.1. The SMILES string of the molecule is O=C(CSCc1cccs1)NNC(=O)CN1CCCc2ccccc21. The van der Waals surface area contributed by atoms with Crippen molar-refractivity contribution in [2.24, 2.45) is 0 Å². The molecule has 0 saturated heterocycles. The molecule has 132 valence electrons. The fraction of sp³-hybridized carbons (Fsp3) is 0.333. The van der Waals surface area contributed by atoms with Crippen molar-refractivity contribution in [2.75, 3.05) is 23.7 Å². The summed E-state index contributed by atoms with van der Waals surface area (Å²) >= 11 is 3.21. The first-order valence-corrected chi connectivity index (χ1v) is 10.3. The number of hydrazine groups is 1. The average molecular weight is 376 g/mol. The summed E-state index contributed by atoms with van der Waals surface area (Å²) in [5.41, 5.74) is 7.39. The molecule has 2 aromatic rings. The molecule has 1 aromatic carbocycles. The second-order valence-corrected chi connectivity index (χ2v) is 7.84. The minimum absolute atomic E-state index is 0.186. The van der Waals surface area contributed by atoms with Crippen molar-refractivity contribution in [2.45, 2.75) is 18.6 Å². The smallest absolute Gasteiger partial charge is 0.257 e. The van der Waals surface area contributed by atoms with Crippen LogP contribution in [0.25, 0.3) is 0 Å². The number of nitrogens with zero attached hydrogens (tertiary/aromatic N) is 1. The summed E-state index contributed by atoms with van der Waals surface area (Å²) in [4.78, 5) is 27.2. The maximum Gasteiger partial charge on any atom is 0.257 e. The normalized spacial score (nSPS) is 13.2. The number of rotatable bonds is 6. The summed E-state index contributed by atoms with van der Waals surface area (Å²) in [6.45, 7) is 1.11. The molecule has 0 aliphatic carbocycles. The van der Waals surface area contributed by atoms with Gasteiger partial charge in [0.15, 0.2) is 0 Å². The molecule has 0 radical (unpaired) electrons. The number of thioether (sulfide) groups is 1. The van der Waals surface area contributed by atoms with Gasteiger partial charge in [0.25, 0.3) is 5.91 Å². The first-order valence-electron chi connectivity index (χ1n) is 8.23. The first kappa shape index (κ1) is 17.8. The second kappa shape index (κ2) is 8.92. The van der Waals surface area contributed by atoms with E-state index in [4.69, 9.17) is 0 Å². The number of hydrogen-bond donors (Lipinski definition) is 2. The van der Waals surface area contributed by atoms with Gasteiger partial charge >= 0.3 is 0 Å². The molecule has 2 amide bonds. The van der Waals surface area contributed by atoms with Gasteiger partial charge in [-0.25, -0.2) is 0 Å². The highest BCUT2D eigenvalue weighted by Gasteiger charge is 2.18. The number of amides is 2. The Morgan fingerprint density at radius 2 is 1.96 bits per heavy atom. The van der Waals surface area contributed by atoms with E-state index in [0.29, 0.717) is 5.75 Å². The van der Waals surface area contributed by atoms with Gasteiger partial charge in [-0.05, 0) is 35.9 Å². The number of carbonyl (C=O) groups is 2. The molecule has 1 aliphatic rings. The number of thiophene rings is 1. The van der Waals surface area contributed by atoms with Crippen LogP contribution in [0, 0.1) is 0 Å². The van der Waals surface area contributed by atoms with Gasteiger partial charge in [-0.15, -0.1) is 23.1 Å². The molecule has 7 heteroatoms. The first-order chi connectivity index (χ1) is 12.2. The molecule has 5 nitrogen and oxygen atoms in total. The number of fused-ring (bicyclic) bond motifs is 1. The van der Waals surface area contributed by atoms with Crippen molar-refractivity contribution in [1.29, 1.82) is 0 Å². The fourth-order valence-electron chi connectivity index (χ4n) is 2.80. The van der Waals surface area contributed by atoms with Crippen LogP contribution < -0.4 is 15.8 Å². The number of nitrogens with one attached hydrogen (secondary N) is 2. The molecule has 0 fully saturated rings. The molecular weight excluding hydrogens is 354 g/mol. The van der Waals surface area contributed by atoms with Crippen LogP contribution in [-0.2, 0) is 21.8 Å². The van der Waals surface area contributed by atoms with Gasteiger partial charge in [-0.2, -0.15) is 0 Å². The maximum absolute atomic E-state index is 12.1. The topological polar surface area (TPSA) is 61.4 Å². The van der Waals surface area contributed by atoms with Gasteiger partial charge in [0.1, 0.15) is 0 Å². The predicted octanol–water partition coefficient (Wildman–Crippen LogP) is 2.58. The summed E-state index contributed by atoms with van der Waals surface area (Å²) < 4.78 is 0. The highest BCUT2D eigenvalue weighted by molar-refractivity contribution is 7.99. The Morgan fingerprint density at radius 3 is 2.80 bits per heavy atom. The van der Waals surface area contributed by atoms with Crippen LogP contribution in [0.2, 0.25) is 0 Å². The van der Waals surface area contributed by atoms with Crippen LogP contribution in [-0.4, -0.2) is 30.7 Å². The molecule has 0 saturated carbocycles. The van der Waals surface area contributed by atoms with Crippen LogP contribution in [0.4, 0.5) is 5.69 Å². The van der Waals surface area contributed by atoms with Gasteiger partial charge < -0.3 is 4.90 Å². The van der Waals surface area contributed by atoms with Crippen molar-refractivity contribution < 1.29 is 9.59 Å². The summed E-state index contributed by atoms with van der Waals surface area (Å²) in [6, 6.07) is 12.2. The molecule has 2 heterocycles. The lowest BCUT2D eigenvalue weighted by Gasteiger charge is -2.30. The van der Waals surface area contributed by atoms with Gasteiger partial charge in [0, 0.05) is 22.9 Å². The molecule has 3 rings (SSSR count). The quantitative estimate of drug-likeness (QED) is 0.762. The van der Waals surface area contributed by atoms with E-state index >= 15 is 0 Å². The van der Waals surface area contributed by atoms with Gasteiger partial charge in [0.05, 0.1) is 12.3 Å². The number of benzene rings is 1. The van der Waals surface area contributed by atoms with E-state index in [1.54, 1.807) is 11.3 Å². The average Bonchev–Trinajstić information content (AvgIpc) is 3.14. The molecule has 1 aromatic heterocycles. The van der Waals surface area contributed by atoms with Crippen molar-refractivity contribution in [3.05, 3.63) is 52.2 Å². The Bertz CT molecular complexity index is 719. The Kier molecular flexibility index (Phi) is 6.36. The highest BCUT2D eigenvalue weighted by atomic mass is 32.2. The van der Waals surface area contributed by atoms with Crippen LogP contribution in [0.15, 0.2) is 41.8 Å². The monoisotopic (exact) mass is 375 g/mol. The third kappa shape index (κ3) is 5.24. The van der Waals surface area contributed by atoms with E-state index in [0.717, 1.165) is 30.8 Å². The Balaban J connectivity index is 1.39. The van der Waals surface area contributed by atoms with Crippen molar-refractivity contribution >= 4 is 40.6 Å². The van der Waals surface area contributed by atoms with E-state index in [2.05, 4.69) is 21.8 Å². The fourth-order valence-corrected chi connectivity index (χ4v) is 4.47. The Hall–Kier alpha value is -1.99. The number of anilines is 1. The predicted molar refractivity (Wildman–Crippen MR) is 104 cm³/mol. The molecule has 0 spiro atoms. The Morgan fingerprint density at radius 1 is 1.12 bits per heavy atom. The van der Waals surface area contributed by atoms with Gasteiger partial charge in [-0.1, -0.05) is 24.3 Å². The van der Waals surface area contributed by atoms with Crippen LogP contribution >= 0.6 is 23.1 Å². The number of hydrogen-bond acceptors (Lipinski definition) is 5. The van der Waals surface area contributed by atoms with Crippen LogP contribution in [0.1, 0.15) is 16.9 Å². The van der Waals surface area contributed by atoms with E-state index in [1.807, 2.05) is 35.7 Å². The van der Waals surface area contributed by atoms with E-state index in [1.165, 1.54) is 22.2 Å². The van der Waals surface area contributed by atoms with Crippen LogP contribution in [0.5, 0.6) is 0 Å². The van der Waals surface area contributed by atoms with E-state index < -0.39 is 0 Å². The van der Waals surface area contributed by atoms with Crippen molar-refractivity contribution in [3.63, 3.8) is 0 Å². The number of para-hydroxylation sites is 1. The van der Waals surface area contributed by atoms with Gasteiger partial charge in [-0.3, -0.25) is 20.4 Å². The highest BCUT2D eigenvalue weighted by Crippen LogP contribution is 2.26. The lowest BCUT2D eigenvalue weighted by molar-refractivity contribution is -0.126. The second-order valence-electron chi connectivity index (χ2n) is 5.82. The molecule has 1 aliphatic heterocycles. The van der Waals surface area contributed by atoms with Gasteiger partial charge in [0.2, 0.25) is 5.91 Å². The zero-order valence-electron chi connectivity index (χ0n) is 13.9. The molecule has 0 unspecified atom stereocenters. The van der Waals surface area contributed by atoms with E-state index in [-0.39, 0.29) is 18.4 Å². The molecule has 0 bridgehead atoms. The third-order valence-electron chi connectivity index (χ3n) is 3.94. The summed E-state index contributed by atoms with van der Waals surface area (Å²) in [6.07, 6.45) is 2.09. The van der Waals surface area contributed by atoms with Crippen molar-refractivity contribution in [1.82, 2.24) is 10.9 Å². The lowest BCUT2D eigenvalue weighted by atomic mass is 10.0. The molecule has 0 atom stereocenters. The zero-order chi connectivity index (χ0) is 17.5. The Labute approximate surface area is 155 Å². The molecule has 25 heavy (non-hydrogen) atoms. The van der Waals surface area contributed by atoms with E-state index in [9.17, 15) is 9.59 Å². The van der Waals surface area contributed by atoms with Crippen LogP contribution in [0.3, 0.4) is 0 Å². The summed E-state index contributed by atoms with van der Waals surface area (Å²) in [5.74, 6) is 0.746. The number of aryl methyl sites for hydroxylation is 1. The minimum atomic E-state index is -0.201. The zero-order valence-corrected chi connectivity index (χ0v) is 15.5. The minimum Gasteiger partial charge on any atom is -0.362 e. The largest absolute Gasteiger partial charge is 0.362 e. The summed E-state index contributed by atoms with van der Waals surface area (Å²) in [7, 11) is 0. The lowest BCUT2D eigenvalue weighted by Crippen LogP contribution is -2.47.